The number of nitrogens with zero attached hydrogens (tertiary/aromatic N) is 2. The third-order valence-corrected chi connectivity index (χ3v) is 5.48. The van der Waals surface area contributed by atoms with E-state index >= 15 is 0 Å². The van der Waals surface area contributed by atoms with Gasteiger partial charge in [0, 0.05) is 25.1 Å². The van der Waals surface area contributed by atoms with Crippen LogP contribution in [-0.4, -0.2) is 69.1 Å². The molecule has 4 rings (SSSR count). The third-order valence-electron chi connectivity index (χ3n) is 5.48. The Bertz CT molecular complexity index is 952. The zero-order valence-electron chi connectivity index (χ0n) is 17.5. The van der Waals surface area contributed by atoms with Gasteiger partial charge in [-0.2, -0.15) is 0 Å². The summed E-state index contributed by atoms with van der Waals surface area (Å²) in [6.07, 6.45) is 0.322. The number of hydrogen-bond acceptors (Lipinski definition) is 6. The average molecular weight is 425 g/mol. The number of aliphatic carboxylic acids is 1. The summed E-state index contributed by atoms with van der Waals surface area (Å²) in [6.45, 7) is 1.30. The maximum absolute atomic E-state index is 12.7. The van der Waals surface area contributed by atoms with Crippen molar-refractivity contribution in [3.05, 3.63) is 35.5 Å². The average Bonchev–Trinajstić information content (AvgIpc) is 3.03. The van der Waals surface area contributed by atoms with Crippen LogP contribution in [0.1, 0.15) is 14.8 Å². The maximum atomic E-state index is 12.7. The Hall–Kier alpha value is -2.56. The van der Waals surface area contributed by atoms with Gasteiger partial charge in [-0.25, -0.2) is 9.59 Å². The molecule has 3 aliphatic rings. The Balaban J connectivity index is 0.00000171. The first kappa shape index (κ1) is 22.1. The van der Waals surface area contributed by atoms with Crippen molar-refractivity contribution in [1.82, 2.24) is 9.80 Å². The quantitative estimate of drug-likeness (QED) is 0.217. The summed E-state index contributed by atoms with van der Waals surface area (Å²) in [4.78, 5) is 51.0. The first-order chi connectivity index (χ1) is 13.8. The summed E-state index contributed by atoms with van der Waals surface area (Å²) < 4.78 is 4.96. The van der Waals surface area contributed by atoms with Crippen molar-refractivity contribution in [2.75, 3.05) is 18.5 Å². The molecule has 30 heavy (non-hydrogen) atoms. The number of likely N-dealkylation sites (tertiary alicyclic amines) is 1. The molecular formula is C19H20N3NaO7. The van der Waals surface area contributed by atoms with E-state index in [2.05, 4.69) is 5.32 Å². The number of phenols is 1. The van der Waals surface area contributed by atoms with Gasteiger partial charge in [0.25, 0.3) is 5.91 Å². The Kier molecular flexibility index (Phi) is 6.11. The number of carboxylic acids is 1. The van der Waals surface area contributed by atoms with Crippen LogP contribution in [-0.2, 0) is 19.1 Å². The van der Waals surface area contributed by atoms with Crippen LogP contribution in [0.15, 0.2) is 35.5 Å². The number of phenolic OH excluding ortho intramolecular Hbond substituents is 1. The summed E-state index contributed by atoms with van der Waals surface area (Å²) in [5.41, 5.74) is 0.669. The summed E-state index contributed by atoms with van der Waals surface area (Å²) in [5, 5.41) is 21.6. The van der Waals surface area contributed by atoms with Crippen molar-refractivity contribution in [3.63, 3.8) is 0 Å². The predicted octanol–water partition coefficient (Wildman–Crippen LogP) is -2.14. The molecule has 154 valence electrons. The van der Waals surface area contributed by atoms with Gasteiger partial charge < -0.3 is 26.6 Å². The number of carbonyl (C=O) groups is 4. The molecule has 3 aliphatic heterocycles. The van der Waals surface area contributed by atoms with Gasteiger partial charge in [-0.3, -0.25) is 14.5 Å². The predicted molar refractivity (Wildman–Crippen MR) is 98.8 cm³/mol. The summed E-state index contributed by atoms with van der Waals surface area (Å²) >= 11 is 0. The fourth-order valence-corrected chi connectivity index (χ4v) is 4.30. The molecule has 0 unspecified atom stereocenters. The summed E-state index contributed by atoms with van der Waals surface area (Å²) in [5.74, 6) is -2.34. The van der Waals surface area contributed by atoms with Crippen LogP contribution < -0.4 is 34.9 Å². The number of nitrogens with one attached hydrogen (secondary N) is 1. The largest absolute Gasteiger partial charge is 1.00 e. The normalized spacial score (nSPS) is 23.9. The van der Waals surface area contributed by atoms with Crippen LogP contribution in [0.5, 0.6) is 5.75 Å². The van der Waals surface area contributed by atoms with Crippen molar-refractivity contribution in [2.45, 2.75) is 25.4 Å². The van der Waals surface area contributed by atoms with Crippen LogP contribution in [0, 0.1) is 5.92 Å². The number of urea groups is 1. The maximum Gasteiger partial charge on any atom is 1.00 e. The van der Waals surface area contributed by atoms with Crippen LogP contribution in [0.25, 0.3) is 0 Å². The number of rotatable bonds is 4. The molecule has 3 atom stereocenters. The van der Waals surface area contributed by atoms with Crippen molar-refractivity contribution < 1.29 is 65.1 Å². The third kappa shape index (κ3) is 3.66. The Morgan fingerprint density at radius 1 is 1.27 bits per heavy atom. The zero-order valence-corrected chi connectivity index (χ0v) is 18.5. The minimum Gasteiger partial charge on any atom is -1.00 e. The number of carbonyl (C=O) groups excluding carboxylic acids is 3. The van der Waals surface area contributed by atoms with Gasteiger partial charge in [0.2, 0.25) is 0 Å². The first-order valence-corrected chi connectivity index (χ1v) is 9.06. The molecule has 1 aromatic rings. The monoisotopic (exact) mass is 425 g/mol. The van der Waals surface area contributed by atoms with Crippen molar-refractivity contribution in [2.24, 2.45) is 5.92 Å². The zero-order chi connectivity index (χ0) is 20.9. The number of aromatic hydroxyl groups is 1. The van der Waals surface area contributed by atoms with E-state index in [0.29, 0.717) is 17.7 Å². The van der Waals surface area contributed by atoms with Gasteiger partial charge in [-0.15, -0.1) is 0 Å². The molecule has 0 saturated carbocycles. The number of hydrogen-bond donors (Lipinski definition) is 3. The van der Waals surface area contributed by atoms with Gasteiger partial charge in [-0.1, -0.05) is 0 Å². The minimum absolute atomic E-state index is 0. The molecule has 0 aromatic heterocycles. The molecule has 0 spiro atoms. The number of β-lactam (4-membered cyclic amide) rings is 1. The summed E-state index contributed by atoms with van der Waals surface area (Å²) in [7, 11) is 0. The van der Waals surface area contributed by atoms with Crippen molar-refractivity contribution in [1.29, 1.82) is 0 Å². The van der Waals surface area contributed by atoms with Gasteiger partial charge >= 0.3 is 47.5 Å². The summed E-state index contributed by atoms with van der Waals surface area (Å²) in [6, 6.07) is 4.34. The topological polar surface area (TPSA) is 136 Å². The van der Waals surface area contributed by atoms with E-state index in [1.165, 1.54) is 41.0 Å². The second kappa shape index (κ2) is 8.29. The number of amides is 3. The number of ether oxygens (including phenoxy) is 1. The van der Waals surface area contributed by atoms with Crippen molar-refractivity contribution >= 4 is 29.6 Å². The standard InChI is InChI=1S/C19H19N3O7.Na.H/c1-9(23)29-8-11-6-10-7-21(19(28)20-12-2-4-13(24)5-3-12)16-14(10)22(17(16)25)15(11)18(26)27;;/h2-5,10,14,16,24H,6-8H2,1H3,(H,20,28)(H,26,27);;/q;+1;-1/t10-,14-,16+;;/m1../s1. The van der Waals surface area contributed by atoms with Crippen LogP contribution >= 0.6 is 0 Å². The van der Waals surface area contributed by atoms with E-state index < -0.39 is 36.0 Å². The van der Waals surface area contributed by atoms with Crippen LogP contribution in [0.3, 0.4) is 0 Å². The second-order valence-corrected chi connectivity index (χ2v) is 7.27. The first-order valence-electron chi connectivity index (χ1n) is 9.06. The van der Waals surface area contributed by atoms with E-state index in [1.54, 1.807) is 0 Å². The molecule has 2 fully saturated rings. The molecule has 0 aliphatic carbocycles. The molecule has 3 N–H and O–H groups in total. The van der Waals surface area contributed by atoms with Gasteiger partial charge in [0.15, 0.2) is 0 Å². The van der Waals surface area contributed by atoms with E-state index in [1.807, 2.05) is 0 Å². The molecule has 0 bridgehead atoms. The van der Waals surface area contributed by atoms with Crippen molar-refractivity contribution in [3.8, 4) is 5.75 Å². The molecule has 10 nitrogen and oxygen atoms in total. The molecule has 3 amide bonds. The molecule has 0 radical (unpaired) electrons. The number of anilines is 1. The molecular weight excluding hydrogens is 405 g/mol. The van der Waals surface area contributed by atoms with E-state index in [-0.39, 0.29) is 61.5 Å². The molecule has 11 heteroatoms. The van der Waals surface area contributed by atoms with Crippen LogP contribution in [0.4, 0.5) is 10.5 Å². The minimum atomic E-state index is -1.26. The molecule has 1 aromatic carbocycles. The fourth-order valence-electron chi connectivity index (χ4n) is 4.30. The van der Waals surface area contributed by atoms with E-state index in [9.17, 15) is 29.4 Å². The smallest absolute Gasteiger partial charge is 1.00 e. The molecule has 3 heterocycles. The Morgan fingerprint density at radius 2 is 1.93 bits per heavy atom. The second-order valence-electron chi connectivity index (χ2n) is 7.27. The molecule has 2 saturated heterocycles. The van der Waals surface area contributed by atoms with Crippen LogP contribution in [0.2, 0.25) is 0 Å². The van der Waals surface area contributed by atoms with Gasteiger partial charge in [-0.05, 0) is 36.3 Å². The van der Waals surface area contributed by atoms with Gasteiger partial charge in [0.1, 0.15) is 24.1 Å². The SMILES string of the molecule is CC(=O)OCC1=C(C(=O)O)N2C(=O)[C@@H]3[C@H]2[C@H](C1)CN3C(=O)Nc1ccc(O)cc1.[H-].[Na+]. The Morgan fingerprint density at radius 3 is 2.53 bits per heavy atom. The number of benzene rings is 1. The number of carboxylic acid groups (broad SMARTS) is 1. The Labute approximate surface area is 195 Å². The van der Waals surface area contributed by atoms with E-state index in [4.69, 9.17) is 4.74 Å². The van der Waals surface area contributed by atoms with Gasteiger partial charge in [0.05, 0.1) is 6.04 Å². The van der Waals surface area contributed by atoms with E-state index in [0.717, 1.165) is 0 Å². The number of esters is 1. The fraction of sp³-hybridized carbons (Fsp3) is 0.368.